The molecule has 0 aliphatic rings. The van der Waals surface area contributed by atoms with Gasteiger partial charge in [-0.1, -0.05) is 166 Å². The Morgan fingerprint density at radius 2 is 1.08 bits per heavy atom. The fourth-order valence-corrected chi connectivity index (χ4v) is 6.61. The molecule has 1 amide bonds. The van der Waals surface area contributed by atoms with Crippen LogP contribution in [0.3, 0.4) is 0 Å². The van der Waals surface area contributed by atoms with Crippen molar-refractivity contribution in [1.82, 2.24) is 5.32 Å². The molecule has 9 heteroatoms. The van der Waals surface area contributed by atoms with Gasteiger partial charge in [0.05, 0.1) is 39.9 Å². The second kappa shape index (κ2) is 35.4. The van der Waals surface area contributed by atoms with E-state index in [1.807, 2.05) is 27.2 Å². The van der Waals surface area contributed by atoms with Crippen LogP contribution in [-0.4, -0.2) is 68.5 Å². The zero-order chi connectivity index (χ0) is 38.6. The van der Waals surface area contributed by atoms with Crippen LogP contribution in [0.5, 0.6) is 0 Å². The van der Waals surface area contributed by atoms with Gasteiger partial charge >= 0.3 is 0 Å². The fraction of sp³-hybridized carbons (Fsp3) is 0.837. The maximum Gasteiger partial charge on any atom is 0.268 e. The van der Waals surface area contributed by atoms with E-state index < -0.39 is 26.6 Å². The number of aliphatic hydroxyl groups excluding tert-OH is 1. The Morgan fingerprint density at radius 1 is 0.654 bits per heavy atom. The van der Waals surface area contributed by atoms with Gasteiger partial charge in [0, 0.05) is 6.42 Å². The molecule has 8 nitrogen and oxygen atoms in total. The Kier molecular flexibility index (Phi) is 34.6. The molecule has 2 N–H and O–H groups in total. The first kappa shape index (κ1) is 50.7. The zero-order valence-corrected chi connectivity index (χ0v) is 35.4. The molecule has 0 aromatic rings. The predicted octanol–water partition coefficient (Wildman–Crippen LogP) is 10.9. The van der Waals surface area contributed by atoms with Crippen molar-refractivity contribution in [2.45, 2.75) is 193 Å². The first-order valence-electron chi connectivity index (χ1n) is 21.4. The highest BCUT2D eigenvalue weighted by molar-refractivity contribution is 7.45. The van der Waals surface area contributed by atoms with Crippen molar-refractivity contribution in [3.05, 3.63) is 36.5 Å². The van der Waals surface area contributed by atoms with Crippen LogP contribution < -0.4 is 10.2 Å². The molecule has 0 saturated heterocycles. The Labute approximate surface area is 321 Å². The molecule has 0 heterocycles. The molecule has 3 unspecified atom stereocenters. The number of likely N-dealkylation sites (N-methyl/N-ethyl adjacent to an activating group) is 1. The average Bonchev–Trinajstić information content (AvgIpc) is 3.09. The summed E-state index contributed by atoms with van der Waals surface area (Å²) < 4.78 is 23.1. The second-order valence-corrected chi connectivity index (χ2v) is 17.1. The van der Waals surface area contributed by atoms with E-state index >= 15 is 0 Å². The third kappa shape index (κ3) is 37.1. The van der Waals surface area contributed by atoms with Gasteiger partial charge in [-0.15, -0.1) is 0 Å². The number of phosphoric ester groups is 1. The summed E-state index contributed by atoms with van der Waals surface area (Å²) in [5.74, 6) is -0.216. The number of carbonyl (C=O) groups excluding carboxylic acids is 1. The predicted molar refractivity (Wildman–Crippen MR) is 219 cm³/mol. The summed E-state index contributed by atoms with van der Waals surface area (Å²) in [5, 5.41) is 13.7. The highest BCUT2D eigenvalue weighted by Gasteiger charge is 2.23. The summed E-state index contributed by atoms with van der Waals surface area (Å²) >= 11 is 0. The van der Waals surface area contributed by atoms with Gasteiger partial charge in [-0.3, -0.25) is 9.36 Å². The standard InChI is InChI=1S/C43H83N2O6P/c1-6-8-10-12-14-16-17-18-19-20-21-22-23-24-25-26-27-29-30-32-34-36-42(46)41(40-51-52(48,49)50-39-38-45(3,4)5)44-43(47)37-35-33-31-28-15-13-11-9-7-2/h23-24,27,29,34,36,41-42,46H,6-22,25-26,28,30-33,35,37-40H2,1-5H3,(H-,44,47,48,49)/b24-23+,29-27+,36-34+. The monoisotopic (exact) mass is 755 g/mol. The number of nitrogens with one attached hydrogen (secondary N) is 1. The van der Waals surface area contributed by atoms with Crippen LogP contribution >= 0.6 is 7.82 Å². The number of hydrogen-bond acceptors (Lipinski definition) is 6. The van der Waals surface area contributed by atoms with E-state index in [0.29, 0.717) is 17.4 Å². The van der Waals surface area contributed by atoms with Crippen LogP contribution in [0.25, 0.3) is 0 Å². The SMILES string of the molecule is CCCCCCCCCCCCC/C=C/CC/C=C/CC/C=C/C(O)C(COP(=O)([O-])OCC[N+](C)(C)C)NC(=O)CCCCCCCCCCC. The molecule has 0 spiro atoms. The van der Waals surface area contributed by atoms with E-state index in [-0.39, 0.29) is 12.5 Å². The lowest BCUT2D eigenvalue weighted by atomic mass is 10.1. The molecule has 0 aromatic carbocycles. The summed E-state index contributed by atoms with van der Waals surface area (Å²) in [4.78, 5) is 25.1. The Morgan fingerprint density at radius 3 is 1.56 bits per heavy atom. The first-order chi connectivity index (χ1) is 25.0. The topological polar surface area (TPSA) is 108 Å². The van der Waals surface area contributed by atoms with E-state index in [0.717, 1.165) is 44.9 Å². The van der Waals surface area contributed by atoms with E-state index in [2.05, 4.69) is 43.5 Å². The van der Waals surface area contributed by atoms with Crippen LogP contribution in [0, 0.1) is 0 Å². The number of unbranched alkanes of at least 4 members (excludes halogenated alkanes) is 21. The zero-order valence-electron chi connectivity index (χ0n) is 34.5. The summed E-state index contributed by atoms with van der Waals surface area (Å²) in [6.45, 7) is 4.58. The van der Waals surface area contributed by atoms with E-state index in [1.165, 1.54) is 116 Å². The molecule has 0 aliphatic heterocycles. The highest BCUT2D eigenvalue weighted by Crippen LogP contribution is 2.38. The van der Waals surface area contributed by atoms with Crippen molar-refractivity contribution in [1.29, 1.82) is 0 Å². The third-order valence-corrected chi connectivity index (χ3v) is 10.3. The number of phosphoric acid groups is 1. The lowest BCUT2D eigenvalue weighted by molar-refractivity contribution is -0.870. The van der Waals surface area contributed by atoms with E-state index in [9.17, 15) is 19.4 Å². The third-order valence-electron chi connectivity index (χ3n) is 9.33. The fourth-order valence-electron chi connectivity index (χ4n) is 5.89. The van der Waals surface area contributed by atoms with Gasteiger partial charge in [0.2, 0.25) is 5.91 Å². The number of carbonyl (C=O) groups is 1. The Bertz CT molecular complexity index is 948. The van der Waals surface area contributed by atoms with Gasteiger partial charge in [0.15, 0.2) is 0 Å². The summed E-state index contributed by atoms with van der Waals surface area (Å²) in [6, 6.07) is -0.904. The molecule has 3 atom stereocenters. The van der Waals surface area contributed by atoms with Crippen LogP contribution in [0.1, 0.15) is 181 Å². The minimum absolute atomic E-state index is 0.00832. The minimum Gasteiger partial charge on any atom is -0.756 e. The molecule has 52 heavy (non-hydrogen) atoms. The van der Waals surface area contributed by atoms with Crippen molar-refractivity contribution in [3.8, 4) is 0 Å². The number of nitrogens with zero attached hydrogens (tertiary/aromatic N) is 1. The second-order valence-electron chi connectivity index (χ2n) is 15.7. The smallest absolute Gasteiger partial charge is 0.268 e. The number of rotatable bonds is 38. The van der Waals surface area contributed by atoms with Crippen molar-refractivity contribution in [3.63, 3.8) is 0 Å². The van der Waals surface area contributed by atoms with Gasteiger partial charge in [0.1, 0.15) is 13.2 Å². The van der Waals surface area contributed by atoms with Crippen molar-refractivity contribution in [2.75, 3.05) is 40.9 Å². The van der Waals surface area contributed by atoms with E-state index in [4.69, 9.17) is 9.05 Å². The molecule has 0 saturated carbocycles. The molecular weight excluding hydrogens is 671 g/mol. The highest BCUT2D eigenvalue weighted by atomic mass is 31.2. The van der Waals surface area contributed by atoms with Crippen molar-refractivity contribution >= 4 is 13.7 Å². The molecule has 0 rings (SSSR count). The van der Waals surface area contributed by atoms with Gasteiger partial charge in [-0.05, 0) is 44.9 Å². The van der Waals surface area contributed by atoms with Gasteiger partial charge in [-0.25, -0.2) is 0 Å². The quantitative estimate of drug-likeness (QED) is 0.0281. The number of amides is 1. The van der Waals surface area contributed by atoms with Gasteiger partial charge in [-0.2, -0.15) is 0 Å². The molecule has 0 aliphatic carbocycles. The molecule has 306 valence electrons. The maximum atomic E-state index is 12.7. The number of aliphatic hydroxyl groups is 1. The number of hydrogen-bond donors (Lipinski definition) is 2. The van der Waals surface area contributed by atoms with Crippen molar-refractivity contribution < 1.29 is 32.9 Å². The number of quaternary nitrogens is 1. The minimum atomic E-state index is -4.59. The summed E-state index contributed by atoms with van der Waals surface area (Å²) in [5.41, 5.74) is 0. The lowest BCUT2D eigenvalue weighted by Crippen LogP contribution is -2.45. The maximum absolute atomic E-state index is 12.7. The molecule has 0 radical (unpaired) electrons. The Balaban J connectivity index is 4.45. The van der Waals surface area contributed by atoms with Gasteiger partial charge in [0.25, 0.3) is 7.82 Å². The van der Waals surface area contributed by atoms with Crippen LogP contribution in [0.4, 0.5) is 0 Å². The molecule has 0 fully saturated rings. The van der Waals surface area contributed by atoms with E-state index in [1.54, 1.807) is 6.08 Å². The first-order valence-corrected chi connectivity index (χ1v) is 22.8. The normalized spacial score (nSPS) is 14.8. The number of allylic oxidation sites excluding steroid dienone is 5. The van der Waals surface area contributed by atoms with Gasteiger partial charge < -0.3 is 28.8 Å². The molecule has 0 aromatic heterocycles. The Hall–Kier alpha value is -1.28. The lowest BCUT2D eigenvalue weighted by Gasteiger charge is -2.29. The summed E-state index contributed by atoms with van der Waals surface area (Å²) in [6.07, 6.45) is 42.0. The largest absolute Gasteiger partial charge is 0.756 e. The summed E-state index contributed by atoms with van der Waals surface area (Å²) in [7, 11) is 1.23. The van der Waals surface area contributed by atoms with Crippen molar-refractivity contribution in [2.24, 2.45) is 0 Å². The van der Waals surface area contributed by atoms with Crippen LogP contribution in [-0.2, 0) is 18.4 Å². The average molecular weight is 755 g/mol. The molecular formula is C43H83N2O6P. The van der Waals surface area contributed by atoms with Crippen LogP contribution in [0.15, 0.2) is 36.5 Å². The van der Waals surface area contributed by atoms with Crippen LogP contribution in [0.2, 0.25) is 0 Å². The molecule has 0 bridgehead atoms.